The van der Waals surface area contributed by atoms with E-state index in [1.165, 1.54) is 33.4 Å². The van der Waals surface area contributed by atoms with Crippen LogP contribution in [0.15, 0.2) is 70.9 Å². The molecule has 0 radical (unpaired) electrons. The maximum Gasteiger partial charge on any atom is 0.0583 e. The average molecular weight is 357 g/mol. The third-order valence-corrected chi connectivity index (χ3v) is 4.61. The van der Waals surface area contributed by atoms with Gasteiger partial charge in [0.05, 0.1) is 12.2 Å². The second-order valence-electron chi connectivity index (χ2n) is 7.87. The van der Waals surface area contributed by atoms with Crippen molar-refractivity contribution in [2.24, 2.45) is 0 Å². The first-order valence-electron chi connectivity index (χ1n) is 9.59. The summed E-state index contributed by atoms with van der Waals surface area (Å²) in [6, 6.07) is 0. The first kappa shape index (κ1) is 22.4. The van der Waals surface area contributed by atoms with Gasteiger partial charge in [-0.1, -0.05) is 59.8 Å². The van der Waals surface area contributed by atoms with E-state index in [0.29, 0.717) is 0 Å². The van der Waals surface area contributed by atoms with E-state index >= 15 is 0 Å². The van der Waals surface area contributed by atoms with Gasteiger partial charge in [0.2, 0.25) is 0 Å². The van der Waals surface area contributed by atoms with Gasteiger partial charge in [-0.2, -0.15) is 0 Å². The molecule has 0 heterocycles. The van der Waals surface area contributed by atoms with Gasteiger partial charge in [0.25, 0.3) is 0 Å². The molecular formula is C24H36O2. The normalized spacial score (nSPS) is 26.2. The highest BCUT2D eigenvalue weighted by Crippen LogP contribution is 2.28. The van der Waals surface area contributed by atoms with Gasteiger partial charge < -0.3 is 10.2 Å². The Bertz CT molecular complexity index is 565. The van der Waals surface area contributed by atoms with Crippen LogP contribution in [0.3, 0.4) is 0 Å². The molecule has 26 heavy (non-hydrogen) atoms. The van der Waals surface area contributed by atoms with Crippen LogP contribution in [-0.2, 0) is 0 Å². The molecule has 0 aromatic carbocycles. The number of hydrogen-bond acceptors (Lipinski definition) is 2. The largest absolute Gasteiger partial charge is 0.393 e. The van der Waals surface area contributed by atoms with Crippen LogP contribution in [0.25, 0.3) is 0 Å². The van der Waals surface area contributed by atoms with Crippen molar-refractivity contribution < 1.29 is 10.2 Å². The van der Waals surface area contributed by atoms with E-state index in [-0.39, 0.29) is 12.2 Å². The van der Waals surface area contributed by atoms with Crippen LogP contribution in [0.4, 0.5) is 0 Å². The summed E-state index contributed by atoms with van der Waals surface area (Å²) >= 11 is 0. The van der Waals surface area contributed by atoms with Crippen molar-refractivity contribution in [2.75, 3.05) is 0 Å². The van der Waals surface area contributed by atoms with E-state index in [0.717, 1.165) is 38.5 Å². The smallest absolute Gasteiger partial charge is 0.0583 e. The lowest BCUT2D eigenvalue weighted by Crippen LogP contribution is -2.14. The number of aliphatic hydroxyl groups excluding tert-OH is 2. The van der Waals surface area contributed by atoms with Crippen molar-refractivity contribution in [3.63, 3.8) is 0 Å². The molecule has 2 fully saturated rings. The van der Waals surface area contributed by atoms with Crippen LogP contribution in [0.5, 0.6) is 0 Å². The van der Waals surface area contributed by atoms with Crippen molar-refractivity contribution in [2.45, 2.75) is 78.4 Å². The van der Waals surface area contributed by atoms with Crippen LogP contribution in [-0.4, -0.2) is 22.4 Å². The molecule has 0 saturated heterocycles. The Balaban J connectivity index is 0.000000260. The molecule has 2 N–H and O–H groups in total. The summed E-state index contributed by atoms with van der Waals surface area (Å²) in [6.45, 7) is 16.3. The molecule has 2 aliphatic rings. The van der Waals surface area contributed by atoms with Gasteiger partial charge >= 0.3 is 0 Å². The van der Waals surface area contributed by atoms with Gasteiger partial charge in [0, 0.05) is 0 Å². The van der Waals surface area contributed by atoms with Gasteiger partial charge in [-0.25, -0.2) is 0 Å². The molecule has 2 atom stereocenters. The van der Waals surface area contributed by atoms with Crippen molar-refractivity contribution >= 4 is 0 Å². The van der Waals surface area contributed by atoms with Gasteiger partial charge in [0.15, 0.2) is 0 Å². The molecule has 0 amide bonds. The first-order valence-corrected chi connectivity index (χ1v) is 9.59. The highest BCUT2D eigenvalue weighted by Gasteiger charge is 2.17. The molecule has 0 aromatic heterocycles. The van der Waals surface area contributed by atoms with Gasteiger partial charge in [-0.05, 0) is 77.4 Å². The maximum atomic E-state index is 9.46. The van der Waals surface area contributed by atoms with E-state index in [1.54, 1.807) is 0 Å². The minimum Gasteiger partial charge on any atom is -0.393 e. The second-order valence-corrected chi connectivity index (χ2v) is 7.87. The molecule has 2 saturated carbocycles. The zero-order valence-corrected chi connectivity index (χ0v) is 17.0. The zero-order valence-electron chi connectivity index (χ0n) is 17.0. The van der Waals surface area contributed by atoms with E-state index in [1.807, 2.05) is 0 Å². The third-order valence-electron chi connectivity index (χ3n) is 4.61. The minimum absolute atomic E-state index is 0.165. The van der Waals surface area contributed by atoms with Crippen LogP contribution >= 0.6 is 0 Å². The summed E-state index contributed by atoms with van der Waals surface area (Å²) in [4.78, 5) is 0. The van der Waals surface area contributed by atoms with Crippen molar-refractivity contribution in [1.29, 1.82) is 0 Å². The Hall–Kier alpha value is -1.64. The fourth-order valence-corrected chi connectivity index (χ4v) is 2.91. The SMILES string of the molecule is C=C1CCC(O)CC1=CC=C(C)C.C=C1CCC(O)CC1=CC=C(C)C. The van der Waals surface area contributed by atoms with Crippen LogP contribution in [0.2, 0.25) is 0 Å². The first-order chi connectivity index (χ1) is 12.2. The molecule has 2 aliphatic carbocycles. The van der Waals surface area contributed by atoms with Gasteiger partial charge in [-0.15, -0.1) is 0 Å². The number of hydrogen-bond donors (Lipinski definition) is 2. The molecular weight excluding hydrogens is 320 g/mol. The van der Waals surface area contributed by atoms with Crippen molar-refractivity contribution in [1.82, 2.24) is 0 Å². The maximum absolute atomic E-state index is 9.46. The topological polar surface area (TPSA) is 40.5 Å². The minimum atomic E-state index is -0.165. The summed E-state index contributed by atoms with van der Waals surface area (Å²) in [6.07, 6.45) is 13.1. The molecule has 0 aromatic rings. The number of rotatable bonds is 2. The van der Waals surface area contributed by atoms with Crippen LogP contribution in [0.1, 0.15) is 66.2 Å². The molecule has 0 aliphatic heterocycles. The highest BCUT2D eigenvalue weighted by molar-refractivity contribution is 5.35. The Labute approximate surface area is 160 Å². The Kier molecular flexibility index (Phi) is 9.61. The number of aliphatic hydroxyl groups is 2. The third kappa shape index (κ3) is 8.64. The lowest BCUT2D eigenvalue weighted by Gasteiger charge is -2.21. The molecule has 0 spiro atoms. The van der Waals surface area contributed by atoms with E-state index in [9.17, 15) is 10.2 Å². The summed E-state index contributed by atoms with van der Waals surface area (Å²) in [5.74, 6) is 0. The van der Waals surface area contributed by atoms with E-state index < -0.39 is 0 Å². The average Bonchev–Trinajstić information content (AvgIpc) is 2.57. The van der Waals surface area contributed by atoms with Crippen molar-refractivity contribution in [3.05, 3.63) is 70.9 Å². The predicted molar refractivity (Wildman–Crippen MR) is 113 cm³/mol. The summed E-state index contributed by atoms with van der Waals surface area (Å²) in [5, 5.41) is 18.9. The summed E-state index contributed by atoms with van der Waals surface area (Å²) in [7, 11) is 0. The highest BCUT2D eigenvalue weighted by atomic mass is 16.3. The van der Waals surface area contributed by atoms with Crippen LogP contribution < -0.4 is 0 Å². The van der Waals surface area contributed by atoms with Crippen molar-refractivity contribution in [3.8, 4) is 0 Å². The van der Waals surface area contributed by atoms with Crippen LogP contribution in [0, 0.1) is 0 Å². The lowest BCUT2D eigenvalue weighted by atomic mass is 9.88. The monoisotopic (exact) mass is 356 g/mol. The molecule has 2 unspecified atom stereocenters. The molecule has 2 heteroatoms. The Morgan fingerprint density at radius 3 is 1.42 bits per heavy atom. The standard InChI is InChI=1S/2C12H18O/c2*1-9(2)4-6-11-8-12(13)7-5-10(11)3/h2*4,6,12-13H,3,5,7-8H2,1-2H3. The lowest BCUT2D eigenvalue weighted by molar-refractivity contribution is 0.158. The fraction of sp³-hybridized carbons (Fsp3) is 0.500. The zero-order chi connectivity index (χ0) is 19.7. The fourth-order valence-electron chi connectivity index (χ4n) is 2.91. The summed E-state index contributed by atoms with van der Waals surface area (Å²) in [5.41, 5.74) is 7.34. The predicted octanol–water partition coefficient (Wildman–Crippen LogP) is 5.96. The Morgan fingerprint density at radius 2 is 1.12 bits per heavy atom. The molecule has 0 bridgehead atoms. The van der Waals surface area contributed by atoms with Gasteiger partial charge in [0.1, 0.15) is 0 Å². The van der Waals surface area contributed by atoms with E-state index in [2.05, 4.69) is 65.2 Å². The van der Waals surface area contributed by atoms with Gasteiger partial charge in [-0.3, -0.25) is 0 Å². The quantitative estimate of drug-likeness (QED) is 0.641. The molecule has 144 valence electrons. The summed E-state index contributed by atoms with van der Waals surface area (Å²) < 4.78 is 0. The molecule has 2 rings (SSSR count). The van der Waals surface area contributed by atoms with E-state index in [4.69, 9.17) is 0 Å². The number of allylic oxidation sites excluding steroid dienone is 8. The second kappa shape index (κ2) is 11.2. The Morgan fingerprint density at radius 1 is 0.769 bits per heavy atom. The molecule has 2 nitrogen and oxygen atoms in total.